The summed E-state index contributed by atoms with van der Waals surface area (Å²) in [5.41, 5.74) is 11.5. The molecule has 10 nitrogen and oxygen atoms in total. The molecular weight excluding hydrogens is 472 g/mol. The molecule has 2 aliphatic carbocycles. The maximum absolute atomic E-state index is 10.4. The summed E-state index contributed by atoms with van der Waals surface area (Å²) in [6.07, 6.45) is 9.18. The number of aromatic nitrogens is 3. The minimum absolute atomic E-state index is 0.0353. The number of nitrogen functional groups attached to an aromatic ring is 1. The molecule has 0 aromatic carbocycles. The lowest BCUT2D eigenvalue weighted by Crippen LogP contribution is -1.95. The van der Waals surface area contributed by atoms with E-state index >= 15 is 0 Å². The zero-order valence-corrected chi connectivity index (χ0v) is 20.5. The molecule has 5 rings (SSSR count). The van der Waals surface area contributed by atoms with Gasteiger partial charge >= 0.3 is 0 Å². The van der Waals surface area contributed by atoms with Gasteiger partial charge in [0.15, 0.2) is 0 Å². The number of pyridine rings is 3. The second kappa shape index (κ2) is 11.2. The lowest BCUT2D eigenvalue weighted by molar-refractivity contribution is -0.385. The minimum Gasteiger partial charge on any atom is -0.397 e. The molecule has 0 atom stereocenters. The SMILES string of the molecule is Cc1cc(N)cnc1C1CC1.Cc1cc([N+](=O)[O-])cnc1C1CC1.Cc1cc([N+](=O)[O-])cnc1Cl. The number of nitrogens with zero attached hydrogens (tertiary/aromatic N) is 5. The Bertz CT molecular complexity index is 1240. The maximum Gasteiger partial charge on any atom is 0.287 e. The second-order valence-corrected chi connectivity index (χ2v) is 9.09. The third-order valence-corrected chi connectivity index (χ3v) is 5.99. The van der Waals surface area contributed by atoms with E-state index < -0.39 is 9.85 Å². The van der Waals surface area contributed by atoms with Crippen LogP contribution in [0.3, 0.4) is 0 Å². The Hall–Kier alpha value is -3.66. The molecule has 0 unspecified atom stereocenters. The summed E-state index contributed by atoms with van der Waals surface area (Å²) in [5, 5.41) is 20.9. The van der Waals surface area contributed by atoms with Crippen LogP contribution in [0.1, 0.15) is 65.6 Å². The van der Waals surface area contributed by atoms with E-state index in [4.69, 9.17) is 17.3 Å². The average Bonchev–Trinajstić information content (AvgIpc) is 3.70. The normalized spacial score (nSPS) is 14.2. The molecule has 3 aromatic rings. The number of anilines is 1. The zero-order chi connectivity index (χ0) is 25.7. The van der Waals surface area contributed by atoms with E-state index in [0.29, 0.717) is 16.6 Å². The van der Waals surface area contributed by atoms with Crippen LogP contribution in [0.4, 0.5) is 17.1 Å². The van der Waals surface area contributed by atoms with Gasteiger partial charge in [-0.3, -0.25) is 30.2 Å². The first-order valence-corrected chi connectivity index (χ1v) is 11.5. The quantitative estimate of drug-likeness (QED) is 0.262. The summed E-state index contributed by atoms with van der Waals surface area (Å²) in [4.78, 5) is 31.8. The number of nitro groups is 2. The fraction of sp³-hybridized carbons (Fsp3) is 0.375. The molecule has 2 aliphatic rings. The van der Waals surface area contributed by atoms with E-state index in [2.05, 4.69) is 21.9 Å². The molecule has 0 radical (unpaired) electrons. The molecule has 11 heteroatoms. The van der Waals surface area contributed by atoms with Gasteiger partial charge in [0.1, 0.15) is 17.5 Å². The molecule has 3 aromatic heterocycles. The molecule has 0 spiro atoms. The van der Waals surface area contributed by atoms with Crippen LogP contribution in [0.15, 0.2) is 36.8 Å². The van der Waals surface area contributed by atoms with E-state index in [1.807, 2.05) is 13.0 Å². The van der Waals surface area contributed by atoms with Crippen LogP contribution in [0.25, 0.3) is 0 Å². The van der Waals surface area contributed by atoms with Crippen molar-refractivity contribution in [1.29, 1.82) is 0 Å². The second-order valence-electron chi connectivity index (χ2n) is 8.73. The summed E-state index contributed by atoms with van der Waals surface area (Å²) in [6, 6.07) is 4.98. The molecule has 0 saturated heterocycles. The topological polar surface area (TPSA) is 151 Å². The van der Waals surface area contributed by atoms with Gasteiger partial charge in [-0.2, -0.15) is 0 Å². The number of hydrogen-bond acceptors (Lipinski definition) is 8. The number of nitrogens with two attached hydrogens (primary N) is 1. The Morgan fingerprint density at radius 3 is 1.60 bits per heavy atom. The molecule has 0 bridgehead atoms. The Balaban J connectivity index is 0.000000148. The molecule has 3 heterocycles. The molecule has 2 fully saturated rings. The average molecular weight is 499 g/mol. The summed E-state index contributed by atoms with van der Waals surface area (Å²) in [5.74, 6) is 1.29. The zero-order valence-electron chi connectivity index (χ0n) is 19.8. The minimum atomic E-state index is -0.504. The van der Waals surface area contributed by atoms with Crippen molar-refractivity contribution in [2.75, 3.05) is 5.73 Å². The van der Waals surface area contributed by atoms with Gasteiger partial charge in [-0.1, -0.05) is 11.6 Å². The van der Waals surface area contributed by atoms with Gasteiger partial charge in [-0.15, -0.1) is 0 Å². The third-order valence-electron chi connectivity index (χ3n) is 5.59. The molecule has 0 aliphatic heterocycles. The highest BCUT2D eigenvalue weighted by Gasteiger charge is 2.27. The number of aryl methyl sites for hydroxylation is 3. The first-order chi connectivity index (χ1) is 16.6. The van der Waals surface area contributed by atoms with E-state index in [9.17, 15) is 20.2 Å². The smallest absolute Gasteiger partial charge is 0.287 e. The number of hydrogen-bond donors (Lipinski definition) is 1. The van der Waals surface area contributed by atoms with E-state index in [1.165, 1.54) is 49.2 Å². The highest BCUT2D eigenvalue weighted by Crippen LogP contribution is 2.41. The van der Waals surface area contributed by atoms with Crippen LogP contribution >= 0.6 is 11.6 Å². The first kappa shape index (κ1) is 26.0. The van der Waals surface area contributed by atoms with Crippen molar-refractivity contribution in [3.63, 3.8) is 0 Å². The predicted octanol–water partition coefficient (Wildman–Crippen LogP) is 5.98. The van der Waals surface area contributed by atoms with Crippen molar-refractivity contribution >= 4 is 28.7 Å². The number of rotatable bonds is 4. The van der Waals surface area contributed by atoms with Gasteiger partial charge in [0.2, 0.25) is 0 Å². The fourth-order valence-corrected chi connectivity index (χ4v) is 3.59. The van der Waals surface area contributed by atoms with Crippen LogP contribution in [-0.4, -0.2) is 24.8 Å². The molecular formula is C24H27ClN6O4. The van der Waals surface area contributed by atoms with E-state index in [1.54, 1.807) is 19.2 Å². The van der Waals surface area contributed by atoms with Crippen molar-refractivity contribution < 1.29 is 9.85 Å². The Morgan fingerprint density at radius 2 is 1.20 bits per heavy atom. The van der Waals surface area contributed by atoms with Crippen molar-refractivity contribution in [2.45, 2.75) is 58.3 Å². The number of halogens is 1. The van der Waals surface area contributed by atoms with Gasteiger partial charge in [0.25, 0.3) is 11.4 Å². The highest BCUT2D eigenvalue weighted by molar-refractivity contribution is 6.30. The molecule has 35 heavy (non-hydrogen) atoms. The van der Waals surface area contributed by atoms with E-state index in [0.717, 1.165) is 29.1 Å². The van der Waals surface area contributed by atoms with Gasteiger partial charge in [-0.25, -0.2) is 4.98 Å². The van der Waals surface area contributed by atoms with E-state index in [-0.39, 0.29) is 11.4 Å². The van der Waals surface area contributed by atoms with Gasteiger partial charge in [0.05, 0.1) is 21.7 Å². The largest absolute Gasteiger partial charge is 0.397 e. The lowest BCUT2D eigenvalue weighted by Gasteiger charge is -2.02. The summed E-state index contributed by atoms with van der Waals surface area (Å²) >= 11 is 5.55. The lowest BCUT2D eigenvalue weighted by atomic mass is 10.1. The maximum atomic E-state index is 10.4. The standard InChI is InChI=1S/C9H10N2O2.C9H12N2.C6H5ClN2O2/c1-6-4-8(11(12)13)5-10-9(6)7-2-3-7;1-6-4-8(10)5-11-9(6)7-2-3-7;1-4-2-5(9(10)11)3-8-6(4)7/h4-5,7H,2-3H2,1H3;4-5,7H,2-3,10H2,1H3;2-3H,1H3. The van der Waals surface area contributed by atoms with Gasteiger partial charge in [-0.05, 0) is 69.2 Å². The van der Waals surface area contributed by atoms with Crippen molar-refractivity contribution in [3.05, 3.63) is 90.2 Å². The van der Waals surface area contributed by atoms with Crippen LogP contribution in [0.5, 0.6) is 0 Å². The van der Waals surface area contributed by atoms with Crippen molar-refractivity contribution in [2.24, 2.45) is 0 Å². The summed E-state index contributed by atoms with van der Waals surface area (Å²) < 4.78 is 0. The Kier molecular flexibility index (Phi) is 8.29. The van der Waals surface area contributed by atoms with Crippen LogP contribution in [0.2, 0.25) is 5.15 Å². The third kappa shape index (κ3) is 7.41. The Morgan fingerprint density at radius 1 is 0.771 bits per heavy atom. The van der Waals surface area contributed by atoms with Crippen molar-refractivity contribution in [1.82, 2.24) is 15.0 Å². The van der Waals surface area contributed by atoms with Crippen molar-refractivity contribution in [3.8, 4) is 0 Å². The predicted molar refractivity (Wildman–Crippen MR) is 134 cm³/mol. The van der Waals surface area contributed by atoms with Crippen LogP contribution in [0, 0.1) is 41.0 Å². The summed E-state index contributed by atoms with van der Waals surface area (Å²) in [7, 11) is 0. The molecule has 2 saturated carbocycles. The Labute approximate surface area is 207 Å². The first-order valence-electron chi connectivity index (χ1n) is 11.2. The molecule has 0 amide bonds. The molecule has 184 valence electrons. The highest BCUT2D eigenvalue weighted by atomic mass is 35.5. The van der Waals surface area contributed by atoms with Gasteiger partial charge < -0.3 is 5.73 Å². The van der Waals surface area contributed by atoms with Crippen LogP contribution < -0.4 is 5.73 Å². The fourth-order valence-electron chi connectivity index (χ4n) is 3.49. The summed E-state index contributed by atoms with van der Waals surface area (Å²) in [6.45, 7) is 5.63. The molecule has 2 N–H and O–H groups in total. The van der Waals surface area contributed by atoms with Crippen LogP contribution in [-0.2, 0) is 0 Å². The monoisotopic (exact) mass is 498 g/mol. The van der Waals surface area contributed by atoms with Gasteiger partial charge in [0, 0.05) is 35.4 Å².